The minimum atomic E-state index is 0.150. The zero-order valence-corrected chi connectivity index (χ0v) is 21.6. The molecule has 36 heavy (non-hydrogen) atoms. The number of nitrogens with zero attached hydrogens (tertiary/aromatic N) is 3. The number of piperidine rings is 1. The number of hydrogen-bond acceptors (Lipinski definition) is 4. The average molecular weight is 486 g/mol. The zero-order valence-electron chi connectivity index (χ0n) is 21.6. The third-order valence-corrected chi connectivity index (χ3v) is 7.87. The highest BCUT2D eigenvalue weighted by molar-refractivity contribution is 6.07. The minimum Gasteiger partial charge on any atom is -0.492 e. The van der Waals surface area contributed by atoms with Crippen molar-refractivity contribution in [3.05, 3.63) is 77.9 Å². The molecule has 0 N–H and O–H groups in total. The molecular weight excluding hydrogens is 446 g/mol. The second-order valence-electron chi connectivity index (χ2n) is 10.4. The van der Waals surface area contributed by atoms with E-state index in [4.69, 9.17) is 4.74 Å². The summed E-state index contributed by atoms with van der Waals surface area (Å²) in [5, 5.41) is 2.16. The van der Waals surface area contributed by atoms with E-state index in [1.54, 1.807) is 0 Å². The molecule has 0 aliphatic carbocycles. The number of benzene rings is 3. The van der Waals surface area contributed by atoms with E-state index < -0.39 is 0 Å². The Bertz CT molecular complexity index is 1120. The Balaban J connectivity index is 1.04. The Kier molecular flexibility index (Phi) is 8.19. The fraction of sp³-hybridized carbons (Fsp3) is 0.452. The van der Waals surface area contributed by atoms with Gasteiger partial charge in [-0.05, 0) is 72.8 Å². The fourth-order valence-electron chi connectivity index (χ4n) is 5.37. The topological polar surface area (TPSA) is 36.0 Å². The summed E-state index contributed by atoms with van der Waals surface area (Å²) < 4.78 is 5.99. The molecule has 2 heterocycles. The first-order valence-electron chi connectivity index (χ1n) is 13.6. The van der Waals surface area contributed by atoms with Crippen LogP contribution in [0.5, 0.6) is 5.75 Å². The van der Waals surface area contributed by atoms with Crippen molar-refractivity contribution in [3.63, 3.8) is 0 Å². The number of ether oxygens (including phenoxy) is 1. The maximum absolute atomic E-state index is 13.2. The molecule has 3 aromatic rings. The molecule has 1 amide bonds. The van der Waals surface area contributed by atoms with Gasteiger partial charge in [-0.25, -0.2) is 0 Å². The monoisotopic (exact) mass is 485 g/mol. The fourth-order valence-corrected chi connectivity index (χ4v) is 5.37. The lowest BCUT2D eigenvalue weighted by Gasteiger charge is -2.35. The van der Waals surface area contributed by atoms with Gasteiger partial charge in [0.15, 0.2) is 0 Å². The smallest absolute Gasteiger partial charge is 0.254 e. The van der Waals surface area contributed by atoms with Crippen LogP contribution in [0.25, 0.3) is 10.8 Å². The number of rotatable bonds is 8. The molecule has 0 atom stereocenters. The van der Waals surface area contributed by atoms with E-state index in [9.17, 15) is 4.79 Å². The summed E-state index contributed by atoms with van der Waals surface area (Å²) in [6.07, 6.45) is 3.64. The first kappa shape index (κ1) is 24.8. The summed E-state index contributed by atoms with van der Waals surface area (Å²) in [7, 11) is 0. The van der Waals surface area contributed by atoms with Crippen LogP contribution in [0.1, 0.15) is 35.7 Å². The molecule has 0 saturated carbocycles. The molecule has 0 unspecified atom stereocenters. The van der Waals surface area contributed by atoms with Crippen molar-refractivity contribution >= 4 is 16.7 Å². The van der Waals surface area contributed by atoms with Crippen molar-refractivity contribution < 1.29 is 9.53 Å². The number of carbonyl (C=O) groups excluding carboxylic acids is 1. The molecule has 5 rings (SSSR count). The van der Waals surface area contributed by atoms with Gasteiger partial charge in [-0.1, -0.05) is 55.5 Å². The molecule has 190 valence electrons. The van der Waals surface area contributed by atoms with Crippen molar-refractivity contribution in [2.45, 2.75) is 26.2 Å². The largest absolute Gasteiger partial charge is 0.492 e. The summed E-state index contributed by atoms with van der Waals surface area (Å²) in [5.74, 6) is 1.98. The number of hydrogen-bond donors (Lipinski definition) is 0. The van der Waals surface area contributed by atoms with Crippen molar-refractivity contribution in [2.24, 2.45) is 5.92 Å². The molecule has 2 fully saturated rings. The third kappa shape index (κ3) is 6.26. The molecule has 2 saturated heterocycles. The van der Waals surface area contributed by atoms with E-state index in [0.29, 0.717) is 0 Å². The van der Waals surface area contributed by atoms with E-state index in [-0.39, 0.29) is 5.91 Å². The van der Waals surface area contributed by atoms with Crippen molar-refractivity contribution in [3.8, 4) is 5.75 Å². The zero-order chi connectivity index (χ0) is 24.7. The van der Waals surface area contributed by atoms with Crippen molar-refractivity contribution in [1.82, 2.24) is 14.7 Å². The number of piperazine rings is 1. The van der Waals surface area contributed by atoms with Crippen LogP contribution in [0.4, 0.5) is 0 Å². The normalized spacial score (nSPS) is 18.0. The van der Waals surface area contributed by atoms with Gasteiger partial charge < -0.3 is 9.64 Å². The summed E-state index contributed by atoms with van der Waals surface area (Å²) >= 11 is 0. The molecular formula is C31H39N3O2. The number of carbonyl (C=O) groups is 1. The Labute approximate surface area is 215 Å². The molecule has 0 radical (unpaired) electrons. The second-order valence-corrected chi connectivity index (χ2v) is 10.4. The van der Waals surface area contributed by atoms with E-state index in [2.05, 4.69) is 53.1 Å². The highest BCUT2D eigenvalue weighted by Gasteiger charge is 2.23. The highest BCUT2D eigenvalue weighted by atomic mass is 16.5. The van der Waals surface area contributed by atoms with Gasteiger partial charge >= 0.3 is 0 Å². The molecule has 2 aliphatic heterocycles. The summed E-state index contributed by atoms with van der Waals surface area (Å²) in [6.45, 7) is 11.0. The van der Waals surface area contributed by atoms with Gasteiger partial charge in [0.05, 0.1) is 0 Å². The highest BCUT2D eigenvalue weighted by Crippen LogP contribution is 2.21. The molecule has 0 spiro atoms. The molecule has 5 heteroatoms. The Morgan fingerprint density at radius 2 is 1.50 bits per heavy atom. The van der Waals surface area contributed by atoms with Crippen molar-refractivity contribution in [1.29, 1.82) is 0 Å². The first-order valence-corrected chi connectivity index (χ1v) is 13.6. The van der Waals surface area contributed by atoms with Crippen LogP contribution < -0.4 is 4.74 Å². The molecule has 0 bridgehead atoms. The number of fused-ring (bicyclic) bond motifs is 1. The van der Waals surface area contributed by atoms with E-state index in [1.165, 1.54) is 31.5 Å². The quantitative estimate of drug-likeness (QED) is 0.452. The Morgan fingerprint density at radius 1 is 0.806 bits per heavy atom. The van der Waals surface area contributed by atoms with Gasteiger partial charge in [0.25, 0.3) is 5.91 Å². The van der Waals surface area contributed by atoms with Crippen LogP contribution >= 0.6 is 0 Å². The van der Waals surface area contributed by atoms with Gasteiger partial charge in [0.2, 0.25) is 0 Å². The predicted molar refractivity (Wildman–Crippen MR) is 147 cm³/mol. The third-order valence-electron chi connectivity index (χ3n) is 7.87. The minimum absolute atomic E-state index is 0.150. The van der Waals surface area contributed by atoms with Gasteiger partial charge in [0, 0.05) is 44.8 Å². The van der Waals surface area contributed by atoms with Crippen LogP contribution in [0.2, 0.25) is 0 Å². The van der Waals surface area contributed by atoms with Crippen LogP contribution in [0, 0.1) is 5.92 Å². The second kappa shape index (κ2) is 11.9. The maximum Gasteiger partial charge on any atom is 0.254 e. The molecule has 3 aromatic carbocycles. The Morgan fingerprint density at radius 3 is 2.28 bits per heavy atom. The lowest BCUT2D eigenvalue weighted by atomic mass is 9.99. The number of likely N-dealkylation sites (tertiary alicyclic amines) is 1. The SMILES string of the molecule is CC1CCN(CCOc2ccc(CCN3CCN(C(=O)c4cccc5ccccc45)CC3)cc2)CC1. The van der Waals surface area contributed by atoms with Gasteiger partial charge in [-0.15, -0.1) is 0 Å². The number of amides is 1. The molecule has 0 aromatic heterocycles. The standard InChI is InChI=1S/C31H39N3O2/c1-25-13-16-32(17-14-25)23-24-36-28-11-9-26(10-12-28)15-18-33-19-21-34(22-20-33)31(35)30-8-4-6-27-5-2-3-7-29(27)30/h2-12,25H,13-24H2,1H3. The maximum atomic E-state index is 13.2. The van der Waals surface area contributed by atoms with Crippen LogP contribution in [0.3, 0.4) is 0 Å². The molecule has 5 nitrogen and oxygen atoms in total. The average Bonchev–Trinajstić information content (AvgIpc) is 2.93. The van der Waals surface area contributed by atoms with E-state index in [0.717, 1.165) is 80.3 Å². The van der Waals surface area contributed by atoms with Gasteiger partial charge in [-0.3, -0.25) is 14.6 Å². The summed E-state index contributed by atoms with van der Waals surface area (Å²) in [5.41, 5.74) is 2.15. The Hall–Kier alpha value is -2.89. The lowest BCUT2D eigenvalue weighted by Crippen LogP contribution is -2.49. The molecule has 2 aliphatic rings. The lowest BCUT2D eigenvalue weighted by molar-refractivity contribution is 0.0640. The van der Waals surface area contributed by atoms with Crippen molar-refractivity contribution in [2.75, 3.05) is 59.0 Å². The van der Waals surface area contributed by atoms with E-state index >= 15 is 0 Å². The first-order chi connectivity index (χ1) is 17.7. The van der Waals surface area contributed by atoms with Gasteiger partial charge in [-0.2, -0.15) is 0 Å². The van der Waals surface area contributed by atoms with Crippen LogP contribution in [-0.2, 0) is 6.42 Å². The predicted octanol–water partition coefficient (Wildman–Crippen LogP) is 4.95. The van der Waals surface area contributed by atoms with Crippen LogP contribution in [-0.4, -0.2) is 79.6 Å². The van der Waals surface area contributed by atoms with Crippen LogP contribution in [0.15, 0.2) is 66.7 Å². The van der Waals surface area contributed by atoms with E-state index in [1.807, 2.05) is 35.2 Å². The summed E-state index contributed by atoms with van der Waals surface area (Å²) in [6, 6.07) is 22.7. The summed E-state index contributed by atoms with van der Waals surface area (Å²) in [4.78, 5) is 20.2. The van der Waals surface area contributed by atoms with Gasteiger partial charge in [0.1, 0.15) is 12.4 Å².